The Hall–Kier alpha value is -2.42. The van der Waals surface area contributed by atoms with Gasteiger partial charge in [-0.2, -0.15) is 24.3 Å². The number of rotatable bonds is 6. The van der Waals surface area contributed by atoms with Crippen molar-refractivity contribution in [2.45, 2.75) is 12.1 Å². The van der Waals surface area contributed by atoms with E-state index in [2.05, 4.69) is 147 Å². The molecule has 3 heteroatoms. The topological polar surface area (TPSA) is 6.48 Å². The second-order valence-corrected chi connectivity index (χ2v) is 7.99. The molecule has 0 spiro atoms. The maximum Gasteiger partial charge on any atom is 2.00 e. The molecular formula is C28H32FeN2. The molecule has 31 heavy (non-hydrogen) atoms. The van der Waals surface area contributed by atoms with Crippen LogP contribution in [0.25, 0.3) is 0 Å². The molecule has 0 aliphatic carbocycles. The Morgan fingerprint density at radius 3 is 1.13 bits per heavy atom. The smallest absolute Gasteiger partial charge is 0.300 e. The van der Waals surface area contributed by atoms with Crippen molar-refractivity contribution in [3.8, 4) is 0 Å². The minimum Gasteiger partial charge on any atom is -0.300 e. The number of benzene rings is 2. The first kappa shape index (κ1) is 24.8. The van der Waals surface area contributed by atoms with Gasteiger partial charge in [0.1, 0.15) is 0 Å². The fraction of sp³-hybridized carbons (Fsp3) is 0.214. The number of hydrogen-bond donors (Lipinski definition) is 0. The van der Waals surface area contributed by atoms with Crippen molar-refractivity contribution in [1.29, 1.82) is 0 Å². The Labute approximate surface area is 198 Å². The van der Waals surface area contributed by atoms with Gasteiger partial charge in [0, 0.05) is 12.1 Å². The summed E-state index contributed by atoms with van der Waals surface area (Å²) >= 11 is 0. The molecule has 2 atom stereocenters. The van der Waals surface area contributed by atoms with Crippen LogP contribution in [-0.2, 0) is 17.1 Å². The van der Waals surface area contributed by atoms with Crippen molar-refractivity contribution in [2.24, 2.45) is 0 Å². The van der Waals surface area contributed by atoms with Gasteiger partial charge in [-0.25, -0.2) is 24.3 Å². The number of nitrogens with zero attached hydrogens (tertiary/aromatic N) is 2. The van der Waals surface area contributed by atoms with E-state index < -0.39 is 0 Å². The molecule has 4 aromatic carbocycles. The van der Waals surface area contributed by atoms with Crippen LogP contribution >= 0.6 is 0 Å². The molecular weight excluding hydrogens is 420 g/mol. The SMILES string of the molecule is CN(C)[C@@H](c1ccccc1)c1ccc[cH-]1.CN(C)[C@@H](c1ccccc1)c1ccc[cH-]1.[Fe+2]. The fourth-order valence-corrected chi connectivity index (χ4v) is 3.99. The van der Waals surface area contributed by atoms with Gasteiger partial charge in [-0.3, -0.25) is 0 Å². The summed E-state index contributed by atoms with van der Waals surface area (Å²) in [5.41, 5.74) is 5.39. The average molecular weight is 452 g/mol. The van der Waals surface area contributed by atoms with Crippen LogP contribution in [0.15, 0.2) is 109 Å². The van der Waals surface area contributed by atoms with Crippen molar-refractivity contribution in [1.82, 2.24) is 9.80 Å². The summed E-state index contributed by atoms with van der Waals surface area (Å²) in [6, 6.07) is 39.0. The van der Waals surface area contributed by atoms with Gasteiger partial charge in [-0.05, 0) is 39.3 Å². The molecule has 0 fully saturated rings. The second-order valence-electron chi connectivity index (χ2n) is 7.99. The third-order valence-corrected chi connectivity index (χ3v) is 5.27. The molecule has 0 bridgehead atoms. The first-order valence-electron chi connectivity index (χ1n) is 10.4. The summed E-state index contributed by atoms with van der Waals surface area (Å²) in [5.74, 6) is 0. The van der Waals surface area contributed by atoms with Crippen LogP contribution in [0, 0.1) is 0 Å². The summed E-state index contributed by atoms with van der Waals surface area (Å²) < 4.78 is 0. The largest absolute Gasteiger partial charge is 2.00 e. The van der Waals surface area contributed by atoms with Gasteiger partial charge in [-0.15, -0.1) is 11.1 Å². The zero-order valence-corrected chi connectivity index (χ0v) is 19.9. The van der Waals surface area contributed by atoms with Crippen molar-refractivity contribution >= 4 is 0 Å². The summed E-state index contributed by atoms with van der Waals surface area (Å²) in [7, 11) is 8.46. The Morgan fingerprint density at radius 2 is 0.871 bits per heavy atom. The second kappa shape index (κ2) is 12.4. The predicted octanol–water partition coefficient (Wildman–Crippen LogP) is 6.11. The summed E-state index contributed by atoms with van der Waals surface area (Å²) in [6.07, 6.45) is 0. The van der Waals surface area contributed by atoms with Gasteiger partial charge < -0.3 is 9.80 Å². The van der Waals surface area contributed by atoms with Gasteiger partial charge in [-0.1, -0.05) is 60.7 Å². The number of hydrogen-bond acceptors (Lipinski definition) is 2. The van der Waals surface area contributed by atoms with E-state index in [1.54, 1.807) is 0 Å². The van der Waals surface area contributed by atoms with Crippen LogP contribution in [0.4, 0.5) is 0 Å². The Morgan fingerprint density at radius 1 is 0.516 bits per heavy atom. The van der Waals surface area contributed by atoms with Gasteiger partial charge in [0.2, 0.25) is 0 Å². The average Bonchev–Trinajstić information content (AvgIpc) is 3.45. The molecule has 0 aliphatic rings. The van der Waals surface area contributed by atoms with E-state index >= 15 is 0 Å². The van der Waals surface area contributed by atoms with Crippen LogP contribution in [0.1, 0.15) is 34.3 Å². The summed E-state index contributed by atoms with van der Waals surface area (Å²) in [6.45, 7) is 0. The van der Waals surface area contributed by atoms with Crippen LogP contribution in [0.2, 0.25) is 0 Å². The fourth-order valence-electron chi connectivity index (χ4n) is 3.99. The van der Waals surface area contributed by atoms with Crippen molar-refractivity contribution in [3.05, 3.63) is 131 Å². The molecule has 0 aliphatic heterocycles. The first-order valence-corrected chi connectivity index (χ1v) is 10.4. The van der Waals surface area contributed by atoms with E-state index in [-0.39, 0.29) is 17.1 Å². The minimum absolute atomic E-state index is 0. The zero-order valence-electron chi connectivity index (χ0n) is 18.8. The maximum atomic E-state index is 2.24. The molecule has 0 saturated heterocycles. The van der Waals surface area contributed by atoms with E-state index in [0.29, 0.717) is 12.1 Å². The predicted molar refractivity (Wildman–Crippen MR) is 128 cm³/mol. The Balaban J connectivity index is 0.000000213. The molecule has 2 nitrogen and oxygen atoms in total. The van der Waals surface area contributed by atoms with Gasteiger partial charge in [0.25, 0.3) is 0 Å². The van der Waals surface area contributed by atoms with Crippen molar-refractivity contribution in [3.63, 3.8) is 0 Å². The van der Waals surface area contributed by atoms with Gasteiger partial charge >= 0.3 is 17.1 Å². The van der Waals surface area contributed by atoms with Crippen molar-refractivity contribution in [2.75, 3.05) is 28.2 Å². The third-order valence-electron chi connectivity index (χ3n) is 5.27. The summed E-state index contributed by atoms with van der Waals surface area (Å²) in [4.78, 5) is 4.48. The van der Waals surface area contributed by atoms with Gasteiger partial charge in [0.15, 0.2) is 0 Å². The quantitative estimate of drug-likeness (QED) is 0.257. The van der Waals surface area contributed by atoms with E-state index in [9.17, 15) is 0 Å². The molecule has 4 aromatic rings. The molecule has 0 unspecified atom stereocenters. The van der Waals surface area contributed by atoms with E-state index in [1.165, 1.54) is 22.3 Å². The van der Waals surface area contributed by atoms with Gasteiger partial charge in [0.05, 0.1) is 0 Å². The molecule has 0 radical (unpaired) electrons. The maximum absolute atomic E-state index is 2.24. The molecule has 0 heterocycles. The first-order chi connectivity index (χ1) is 14.6. The van der Waals surface area contributed by atoms with Crippen LogP contribution in [0.5, 0.6) is 0 Å². The van der Waals surface area contributed by atoms with E-state index in [1.807, 2.05) is 0 Å². The third kappa shape index (κ3) is 6.78. The molecule has 0 saturated carbocycles. The molecule has 0 amide bonds. The summed E-state index contributed by atoms with van der Waals surface area (Å²) in [5, 5.41) is 0. The molecule has 0 aromatic heterocycles. The van der Waals surface area contributed by atoms with E-state index in [0.717, 1.165) is 0 Å². The van der Waals surface area contributed by atoms with E-state index in [4.69, 9.17) is 0 Å². The van der Waals surface area contributed by atoms with Crippen molar-refractivity contribution < 1.29 is 17.1 Å². The minimum atomic E-state index is 0. The molecule has 162 valence electrons. The monoisotopic (exact) mass is 452 g/mol. The zero-order chi connectivity index (χ0) is 21.3. The Kier molecular flexibility index (Phi) is 9.97. The normalized spacial score (nSPS) is 12.6. The van der Waals surface area contributed by atoms with Crippen LogP contribution in [-0.4, -0.2) is 38.0 Å². The standard InChI is InChI=1S/2C14H16N.Fe/c2*1-15(2)14(13-10-6-7-11-13)12-8-4-3-5-9-12;/h2*3-11,14H,1-2H3;/q2*-1;+2/t2*14-;/m00./s1. The van der Waals surface area contributed by atoms with Crippen LogP contribution < -0.4 is 0 Å². The molecule has 0 N–H and O–H groups in total. The van der Waals surface area contributed by atoms with Crippen LogP contribution in [0.3, 0.4) is 0 Å². The Bertz CT molecular complexity index is 861. The molecule has 4 rings (SSSR count).